The fourth-order valence-electron chi connectivity index (χ4n) is 9.39. The molecule has 4 aliphatic heterocycles. The zero-order chi connectivity index (χ0) is 64.3. The van der Waals surface area contributed by atoms with Crippen LogP contribution in [0.4, 0.5) is 0 Å². The van der Waals surface area contributed by atoms with Gasteiger partial charge in [0.15, 0.2) is 18.2 Å². The lowest BCUT2D eigenvalue weighted by molar-refractivity contribution is -0.697. The number of oxazole rings is 1. The maximum absolute atomic E-state index is 14.3. The van der Waals surface area contributed by atoms with Gasteiger partial charge in [-0.3, -0.25) is 33.6 Å². The summed E-state index contributed by atoms with van der Waals surface area (Å²) in [4.78, 5) is 114. The normalized spacial score (nSPS) is 18.9. The summed E-state index contributed by atoms with van der Waals surface area (Å²) in [6.07, 6.45) is 7.91. The molecule has 8 heterocycles. The van der Waals surface area contributed by atoms with Crippen molar-refractivity contribution in [2.24, 2.45) is 0 Å². The number of thiophene rings is 2. The second-order valence-electron chi connectivity index (χ2n) is 20.9. The van der Waals surface area contributed by atoms with Crippen LogP contribution in [0.1, 0.15) is 119 Å². The van der Waals surface area contributed by atoms with E-state index < -0.39 is 109 Å². The SMILES string of the molecule is O=C1CCCCC[n+]2ccc(cc2)-c2ncc(o2)-c2ccc(c(S(=O)(=O)[O-])c2)OCCCCCC(=O)NC(Cc2ccc(S(=O)(=O)[O-])s2)C(=O)NC(C(=O)NCCCCCC(=O)ON2C(=O)CCC2=O)CCCCNC(=O)C(Cc2ccc(S(=O)(=O)[O-])s2)N1. The van der Waals surface area contributed by atoms with Gasteiger partial charge in [0, 0.05) is 97.5 Å². The van der Waals surface area contributed by atoms with Crippen LogP contribution >= 0.6 is 22.7 Å². The van der Waals surface area contributed by atoms with Crippen LogP contribution in [0.5, 0.6) is 5.75 Å². The number of benzene rings is 1. The van der Waals surface area contributed by atoms with Gasteiger partial charge in [0.05, 0.1) is 17.7 Å². The number of hydrogen-bond donors (Lipinski definition) is 5. The Labute approximate surface area is 521 Å². The number of unbranched alkanes of at least 4 members (excludes halogenated alkanes) is 2. The van der Waals surface area contributed by atoms with Crippen molar-refractivity contribution in [1.29, 1.82) is 0 Å². The molecule has 5 aromatic rings. The first-order chi connectivity index (χ1) is 42.3. The van der Waals surface area contributed by atoms with Crippen molar-refractivity contribution in [3.05, 3.63) is 82.9 Å². The number of nitrogens with zero attached hydrogens (tertiary/aromatic N) is 3. The lowest BCUT2D eigenvalue weighted by atomic mass is 10.1. The number of aryl methyl sites for hydroxylation is 1. The van der Waals surface area contributed by atoms with E-state index in [1.165, 1.54) is 30.5 Å². The van der Waals surface area contributed by atoms with E-state index in [0.29, 0.717) is 83.2 Å². The molecular weight excluding hydrogens is 1260 g/mol. The molecule has 1 saturated heterocycles. The van der Waals surface area contributed by atoms with Crippen molar-refractivity contribution in [2.45, 2.75) is 160 Å². The Hall–Kier alpha value is -7.53. The largest absolute Gasteiger partial charge is 0.744 e. The predicted octanol–water partition coefficient (Wildman–Crippen LogP) is 3.15. The summed E-state index contributed by atoms with van der Waals surface area (Å²) < 4.78 is 121. The van der Waals surface area contributed by atoms with Crippen molar-refractivity contribution in [1.82, 2.24) is 36.6 Å². The van der Waals surface area contributed by atoms with E-state index in [4.69, 9.17) is 14.0 Å². The van der Waals surface area contributed by atoms with Crippen LogP contribution in [-0.4, -0.2) is 134 Å². The van der Waals surface area contributed by atoms with Gasteiger partial charge in [0.25, 0.3) is 11.8 Å². The molecule has 33 heteroatoms. The summed E-state index contributed by atoms with van der Waals surface area (Å²) in [6, 6.07) is 8.37. The number of hydrogen-bond acceptors (Lipinski definition) is 23. The van der Waals surface area contributed by atoms with E-state index in [2.05, 4.69) is 31.6 Å². The van der Waals surface area contributed by atoms with Crippen LogP contribution in [0.2, 0.25) is 0 Å². The van der Waals surface area contributed by atoms with Crippen LogP contribution in [0, 0.1) is 0 Å². The van der Waals surface area contributed by atoms with Gasteiger partial charge in [-0.1, -0.05) is 6.42 Å². The second-order valence-corrected chi connectivity index (χ2v) is 27.8. The van der Waals surface area contributed by atoms with Crippen LogP contribution in [-0.2, 0) is 92.9 Å². The fourth-order valence-corrected chi connectivity index (χ4v) is 13.5. The summed E-state index contributed by atoms with van der Waals surface area (Å²) in [5.74, 6) is -5.17. The minimum Gasteiger partial charge on any atom is -0.744 e. The first kappa shape index (κ1) is 69.0. The third-order valence-electron chi connectivity index (χ3n) is 14.1. The third kappa shape index (κ3) is 21.6. The van der Waals surface area contributed by atoms with Gasteiger partial charge < -0.3 is 54.2 Å². The molecule has 0 aliphatic carbocycles. The Morgan fingerprint density at radius 1 is 0.674 bits per heavy atom. The topological polar surface area (TPSA) is 420 Å². The Balaban J connectivity index is 1.07. The molecule has 3 atom stereocenters. The number of carbonyl (C=O) groups is 8. The maximum atomic E-state index is 14.3. The quantitative estimate of drug-likeness (QED) is 0.0435. The third-order valence-corrected chi connectivity index (χ3v) is 19.7. The molecule has 0 radical (unpaired) electrons. The van der Waals surface area contributed by atoms with E-state index in [-0.39, 0.29) is 131 Å². The highest BCUT2D eigenvalue weighted by Crippen LogP contribution is 2.33. The summed E-state index contributed by atoms with van der Waals surface area (Å²) >= 11 is 1.24. The van der Waals surface area contributed by atoms with Crippen LogP contribution < -0.4 is 35.9 Å². The Morgan fingerprint density at radius 2 is 1.29 bits per heavy atom. The zero-order valence-electron chi connectivity index (χ0n) is 48.0. The lowest BCUT2D eigenvalue weighted by Gasteiger charge is -2.23. The summed E-state index contributed by atoms with van der Waals surface area (Å²) in [6.45, 7) is 0.539. The Kier molecular flexibility index (Phi) is 25.0. The van der Waals surface area contributed by atoms with E-state index >= 15 is 0 Å². The van der Waals surface area contributed by atoms with Gasteiger partial charge in [-0.2, -0.15) is 0 Å². The molecule has 6 bridgehead atoms. The van der Waals surface area contributed by atoms with Crippen molar-refractivity contribution in [2.75, 3.05) is 19.7 Å². The maximum Gasteiger partial charge on any atom is 0.333 e. The van der Waals surface area contributed by atoms with Gasteiger partial charge in [0.1, 0.15) is 69.2 Å². The first-order valence-electron chi connectivity index (χ1n) is 28.6. The number of pyridine rings is 1. The number of rotatable bonds is 15. The molecule has 1 aromatic carbocycles. The average molecular weight is 1330 g/mol. The molecule has 3 unspecified atom stereocenters. The minimum absolute atomic E-state index is 0.0113. The molecule has 482 valence electrons. The first-order valence-corrected chi connectivity index (χ1v) is 34.4. The Bertz CT molecular complexity index is 3680. The fraction of sp³-hybridized carbons (Fsp3) is 0.464. The molecule has 5 N–H and O–H groups in total. The number of carbonyl (C=O) groups excluding carboxylic acids is 8. The number of imide groups is 1. The van der Waals surface area contributed by atoms with E-state index in [1.807, 2.05) is 4.57 Å². The van der Waals surface area contributed by atoms with Crippen molar-refractivity contribution in [3.8, 4) is 28.5 Å². The molecule has 0 spiro atoms. The van der Waals surface area contributed by atoms with Crippen LogP contribution in [0.15, 0.2) is 90.9 Å². The second kappa shape index (κ2) is 32.3. The molecule has 7 amide bonds. The highest BCUT2D eigenvalue weighted by Gasteiger charge is 2.33. The van der Waals surface area contributed by atoms with Gasteiger partial charge in [0.2, 0.25) is 35.4 Å². The molecular formula is C56H66N8O20S5-2. The highest BCUT2D eigenvalue weighted by molar-refractivity contribution is 7.88. The van der Waals surface area contributed by atoms with Gasteiger partial charge in [-0.05, 0) is 107 Å². The van der Waals surface area contributed by atoms with E-state index in [0.717, 1.165) is 18.2 Å². The minimum atomic E-state index is -5.07. The monoisotopic (exact) mass is 1330 g/mol. The number of fused-ring (bicyclic) bond motifs is 2. The van der Waals surface area contributed by atoms with Gasteiger partial charge in [-0.15, -0.1) is 27.7 Å². The summed E-state index contributed by atoms with van der Waals surface area (Å²) in [7, 11) is -14.8. The number of hydroxylamine groups is 2. The van der Waals surface area contributed by atoms with Gasteiger partial charge >= 0.3 is 5.97 Å². The van der Waals surface area contributed by atoms with E-state index in [9.17, 15) is 77.3 Å². The molecule has 9 rings (SSSR count). The van der Waals surface area contributed by atoms with Crippen molar-refractivity contribution < 1.29 is 95.8 Å². The summed E-state index contributed by atoms with van der Waals surface area (Å²) in [5.41, 5.74) is 0.822. The molecule has 4 aromatic heterocycles. The average Bonchev–Trinajstić information content (AvgIpc) is 2.11. The smallest absolute Gasteiger partial charge is 0.333 e. The van der Waals surface area contributed by atoms with Crippen LogP contribution in [0.3, 0.4) is 0 Å². The Morgan fingerprint density at radius 3 is 1.90 bits per heavy atom. The van der Waals surface area contributed by atoms with Crippen molar-refractivity contribution >= 4 is 100 Å². The van der Waals surface area contributed by atoms with E-state index in [1.54, 1.807) is 24.5 Å². The number of ether oxygens (including phenoxy) is 1. The molecule has 4 aliphatic rings. The number of aromatic nitrogens is 2. The summed E-state index contributed by atoms with van der Waals surface area (Å²) in [5, 5.41) is 14.0. The molecule has 89 heavy (non-hydrogen) atoms. The molecule has 28 nitrogen and oxygen atoms in total. The standard InChI is InChI=1S/C56H68N8O20S5/c65-46-13-4-2-10-28-63-29-24-36(25-30-63)56-59-35-44(83-56)37-16-19-43(45(32-37)87(73,74)75)82-31-11-3-5-14-47(66)61-42(34-39-18-23-52(86-39)89(79,80)81)55(72)62-40(53(70)57-26-8-1-6-15-50(69)84-64-48(67)20-21-49(64)68)12-7-9-27-58-54(71)41(60-46)33-38-17-22-51(85-38)88(76,77)78/h16-19,22-25,29-30,32,35,40-42H,1-15,20-21,26-28,31,33-34H2,(H7-,57,58,60,61,62,65,66,70,71,72,73,74,75,76,77,78,79,80,81)/p-2. The molecule has 1 fully saturated rings. The van der Waals surface area contributed by atoms with Crippen LogP contribution in [0.25, 0.3) is 22.8 Å². The number of nitrogens with one attached hydrogen (secondary N) is 5. The number of amides is 7. The zero-order valence-corrected chi connectivity index (χ0v) is 52.1. The molecule has 0 saturated carbocycles. The van der Waals surface area contributed by atoms with Crippen molar-refractivity contribution in [3.63, 3.8) is 0 Å². The lowest BCUT2D eigenvalue weighted by Crippen LogP contribution is -2.54. The predicted molar refractivity (Wildman–Crippen MR) is 311 cm³/mol. The highest BCUT2D eigenvalue weighted by atomic mass is 32.3. The van der Waals surface area contributed by atoms with Gasteiger partial charge in [-0.25, -0.2) is 39.6 Å².